The number of phenolic OH excluding ortho intramolecular Hbond substituents is 1. The standard InChI is InChI=1S/C71H63N3O/c1-45(2)55-41-61(46(3)4)69(75)64(42-55)70-73-68-60(25-18-26-66(68)74(70)67-37-47(5)62(44-63(67)52-23-16-11-17-24-52)53-31-33-59(34-32-53)71(6,7)8)57-38-56(49-21-14-10-15-22-49)39-58(40-57)65-43-54(35-36-72-65)51-29-27-50(28-30-51)48-19-12-9-13-20-48/h9-46,75H,1-8H3. The largest absolute Gasteiger partial charge is 0.507 e. The minimum atomic E-state index is 0.0429. The number of hydrogen-bond donors (Lipinski definition) is 1. The smallest absolute Gasteiger partial charge is 0.149 e. The van der Waals surface area contributed by atoms with E-state index in [1.54, 1.807) is 0 Å². The average Bonchev–Trinajstić information content (AvgIpc) is 3.84. The van der Waals surface area contributed by atoms with Crippen molar-refractivity contribution in [3.8, 4) is 101 Å². The van der Waals surface area contributed by atoms with Crippen LogP contribution in [-0.2, 0) is 5.41 Å². The first kappa shape index (κ1) is 48.7. The van der Waals surface area contributed by atoms with Crippen molar-refractivity contribution in [2.75, 3.05) is 0 Å². The van der Waals surface area contributed by atoms with Crippen LogP contribution in [-0.4, -0.2) is 19.6 Å². The van der Waals surface area contributed by atoms with E-state index in [1.165, 1.54) is 27.8 Å². The minimum absolute atomic E-state index is 0.0429. The highest BCUT2D eigenvalue weighted by molar-refractivity contribution is 5.99. The van der Waals surface area contributed by atoms with Crippen LogP contribution in [0.2, 0.25) is 0 Å². The highest BCUT2D eigenvalue weighted by atomic mass is 16.3. The fourth-order valence-electron chi connectivity index (χ4n) is 10.6. The van der Waals surface area contributed by atoms with E-state index in [2.05, 4.69) is 272 Å². The van der Waals surface area contributed by atoms with Crippen LogP contribution in [0.15, 0.2) is 219 Å². The molecule has 1 N–H and O–H groups in total. The number of nitrogens with zero attached hydrogens (tertiary/aromatic N) is 3. The summed E-state index contributed by atoms with van der Waals surface area (Å²) in [5, 5.41) is 12.6. The number of phenols is 1. The third kappa shape index (κ3) is 9.61. The van der Waals surface area contributed by atoms with Gasteiger partial charge in [-0.2, -0.15) is 0 Å². The fourth-order valence-corrected chi connectivity index (χ4v) is 10.6. The second kappa shape index (κ2) is 20.0. The molecule has 2 aromatic heterocycles. The second-order valence-electron chi connectivity index (χ2n) is 21.7. The lowest BCUT2D eigenvalue weighted by molar-refractivity contribution is 0.466. The van der Waals surface area contributed by atoms with Crippen molar-refractivity contribution in [1.29, 1.82) is 0 Å². The Morgan fingerprint density at radius 1 is 0.440 bits per heavy atom. The number of aryl methyl sites for hydroxylation is 1. The van der Waals surface area contributed by atoms with Gasteiger partial charge in [-0.15, -0.1) is 0 Å². The molecule has 0 aliphatic heterocycles. The van der Waals surface area contributed by atoms with E-state index in [-0.39, 0.29) is 23.0 Å². The predicted molar refractivity (Wildman–Crippen MR) is 316 cm³/mol. The van der Waals surface area contributed by atoms with E-state index in [0.717, 1.165) is 89.2 Å². The number of para-hydroxylation sites is 1. The van der Waals surface area contributed by atoms with Crippen LogP contribution in [0.1, 0.15) is 82.6 Å². The van der Waals surface area contributed by atoms with Crippen molar-refractivity contribution in [3.63, 3.8) is 0 Å². The summed E-state index contributed by atoms with van der Waals surface area (Å²) in [6.45, 7) is 17.7. The quantitative estimate of drug-likeness (QED) is 0.140. The van der Waals surface area contributed by atoms with Crippen molar-refractivity contribution < 1.29 is 5.11 Å². The molecule has 9 aromatic carbocycles. The first-order chi connectivity index (χ1) is 36.3. The Morgan fingerprint density at radius 3 is 1.63 bits per heavy atom. The van der Waals surface area contributed by atoms with Crippen LogP contribution in [0.3, 0.4) is 0 Å². The number of aromatic nitrogens is 3. The van der Waals surface area contributed by atoms with Crippen molar-refractivity contribution in [2.24, 2.45) is 0 Å². The van der Waals surface area contributed by atoms with Gasteiger partial charge in [0, 0.05) is 22.9 Å². The molecule has 4 heteroatoms. The highest BCUT2D eigenvalue weighted by Crippen LogP contribution is 2.46. The predicted octanol–water partition coefficient (Wildman–Crippen LogP) is 19.3. The molecule has 4 nitrogen and oxygen atoms in total. The Balaban J connectivity index is 1.15. The Kier molecular flexibility index (Phi) is 13.0. The van der Waals surface area contributed by atoms with Gasteiger partial charge >= 0.3 is 0 Å². The molecule has 0 spiro atoms. The van der Waals surface area contributed by atoms with Gasteiger partial charge in [0.15, 0.2) is 0 Å². The summed E-state index contributed by atoms with van der Waals surface area (Å²) in [5.41, 5.74) is 23.2. The second-order valence-corrected chi connectivity index (χ2v) is 21.7. The Bertz CT molecular complexity index is 3840. The van der Waals surface area contributed by atoms with Gasteiger partial charge in [0.2, 0.25) is 0 Å². The number of fused-ring (bicyclic) bond motifs is 1. The summed E-state index contributed by atoms with van der Waals surface area (Å²) < 4.78 is 2.31. The maximum Gasteiger partial charge on any atom is 0.149 e. The zero-order valence-electron chi connectivity index (χ0n) is 44.2. The lowest BCUT2D eigenvalue weighted by Crippen LogP contribution is -2.10. The Labute approximate surface area is 442 Å². The Morgan fingerprint density at radius 2 is 1.00 bits per heavy atom. The molecular formula is C71H63N3O. The molecule has 11 rings (SSSR count). The molecule has 11 aromatic rings. The van der Waals surface area contributed by atoms with E-state index in [1.807, 2.05) is 6.20 Å². The van der Waals surface area contributed by atoms with Gasteiger partial charge in [0.1, 0.15) is 11.6 Å². The summed E-state index contributed by atoms with van der Waals surface area (Å²) in [4.78, 5) is 10.8. The molecule has 0 bridgehead atoms. The summed E-state index contributed by atoms with van der Waals surface area (Å²) in [7, 11) is 0. The van der Waals surface area contributed by atoms with Gasteiger partial charge in [-0.1, -0.05) is 206 Å². The average molecular weight is 974 g/mol. The number of aromatic hydroxyl groups is 1. The minimum Gasteiger partial charge on any atom is -0.507 e. The van der Waals surface area contributed by atoms with Gasteiger partial charge in [0.05, 0.1) is 28.0 Å². The number of pyridine rings is 1. The third-order valence-electron chi connectivity index (χ3n) is 14.8. The molecule has 0 aliphatic carbocycles. The molecular weight excluding hydrogens is 911 g/mol. The SMILES string of the molecule is Cc1cc(-n2c(-c3cc(C(C)C)cc(C(C)C)c3O)nc3c(-c4cc(-c5ccccc5)cc(-c5cc(-c6ccc(-c7ccccc7)cc6)ccn5)c4)cccc32)c(-c2ccccc2)cc1-c1ccc(C(C)(C)C)cc1. The lowest BCUT2D eigenvalue weighted by Gasteiger charge is -2.22. The van der Waals surface area contributed by atoms with Gasteiger partial charge < -0.3 is 5.11 Å². The lowest BCUT2D eigenvalue weighted by atomic mass is 9.85. The van der Waals surface area contributed by atoms with Crippen LogP contribution in [0, 0.1) is 6.92 Å². The molecule has 0 radical (unpaired) electrons. The van der Waals surface area contributed by atoms with Gasteiger partial charge in [-0.3, -0.25) is 9.55 Å². The van der Waals surface area contributed by atoms with Gasteiger partial charge in [-0.05, 0) is 157 Å². The first-order valence-electron chi connectivity index (χ1n) is 26.3. The topological polar surface area (TPSA) is 50.9 Å². The molecule has 0 atom stereocenters. The van der Waals surface area contributed by atoms with Gasteiger partial charge in [0.25, 0.3) is 0 Å². The molecule has 2 heterocycles. The number of rotatable bonds is 11. The van der Waals surface area contributed by atoms with Crippen molar-refractivity contribution in [2.45, 2.75) is 72.6 Å². The van der Waals surface area contributed by atoms with Crippen LogP contribution in [0.25, 0.3) is 106 Å². The molecule has 75 heavy (non-hydrogen) atoms. The van der Waals surface area contributed by atoms with E-state index in [0.29, 0.717) is 11.4 Å². The molecule has 0 amide bonds. The van der Waals surface area contributed by atoms with Crippen molar-refractivity contribution in [1.82, 2.24) is 14.5 Å². The molecule has 0 saturated carbocycles. The number of benzene rings is 9. The summed E-state index contributed by atoms with van der Waals surface area (Å²) >= 11 is 0. The maximum atomic E-state index is 12.6. The van der Waals surface area contributed by atoms with E-state index in [9.17, 15) is 5.11 Å². The van der Waals surface area contributed by atoms with Crippen LogP contribution >= 0.6 is 0 Å². The van der Waals surface area contributed by atoms with Crippen molar-refractivity contribution in [3.05, 3.63) is 241 Å². The highest BCUT2D eigenvalue weighted by Gasteiger charge is 2.26. The summed E-state index contributed by atoms with van der Waals surface area (Å²) in [6.07, 6.45) is 1.92. The van der Waals surface area contributed by atoms with E-state index >= 15 is 0 Å². The summed E-state index contributed by atoms with van der Waals surface area (Å²) in [5.74, 6) is 1.25. The molecule has 0 fully saturated rings. The van der Waals surface area contributed by atoms with Crippen molar-refractivity contribution >= 4 is 11.0 Å². The van der Waals surface area contributed by atoms with E-state index in [4.69, 9.17) is 9.97 Å². The zero-order chi connectivity index (χ0) is 52.0. The molecule has 0 unspecified atom stereocenters. The first-order valence-corrected chi connectivity index (χ1v) is 26.3. The molecule has 0 aliphatic rings. The maximum absolute atomic E-state index is 12.6. The monoisotopic (exact) mass is 973 g/mol. The zero-order valence-corrected chi connectivity index (χ0v) is 44.2. The third-order valence-corrected chi connectivity index (χ3v) is 14.8. The fraction of sp³-hybridized carbons (Fsp3) is 0.155. The Hall–Kier alpha value is -8.60. The van der Waals surface area contributed by atoms with Crippen LogP contribution in [0.5, 0.6) is 5.75 Å². The number of hydrogen-bond acceptors (Lipinski definition) is 3. The van der Waals surface area contributed by atoms with Crippen LogP contribution in [0.4, 0.5) is 0 Å². The molecule has 368 valence electrons. The number of imidazole rings is 1. The van der Waals surface area contributed by atoms with E-state index < -0.39 is 0 Å². The molecule has 0 saturated heterocycles. The normalized spacial score (nSPS) is 11.8. The van der Waals surface area contributed by atoms with Gasteiger partial charge in [-0.25, -0.2) is 4.98 Å². The van der Waals surface area contributed by atoms with Crippen LogP contribution < -0.4 is 0 Å². The summed E-state index contributed by atoms with van der Waals surface area (Å²) in [6, 6.07) is 76.2.